The van der Waals surface area contributed by atoms with Gasteiger partial charge < -0.3 is 25.8 Å². The summed E-state index contributed by atoms with van der Waals surface area (Å²) in [7, 11) is 2.00. The van der Waals surface area contributed by atoms with E-state index in [4.69, 9.17) is 0 Å². The minimum Gasteiger partial charge on any atom is -0.344 e. The lowest BCUT2D eigenvalue weighted by atomic mass is 9.88. The zero-order chi connectivity index (χ0) is 34.7. The van der Waals surface area contributed by atoms with Crippen LogP contribution in [-0.2, 0) is 20.9 Å². The molecule has 0 spiro atoms. The number of rotatable bonds is 14. The highest BCUT2D eigenvalue weighted by Crippen LogP contribution is 2.51. The van der Waals surface area contributed by atoms with Gasteiger partial charge in [-0.05, 0) is 81.2 Å². The number of aromatic nitrogens is 2. The molecule has 0 radical (unpaired) electrons. The molecule has 14 heteroatoms. The summed E-state index contributed by atoms with van der Waals surface area (Å²) in [4.78, 5) is 57.1. The molecule has 1 saturated heterocycles. The Labute approximate surface area is 279 Å². The van der Waals surface area contributed by atoms with Crippen LogP contribution in [0.15, 0.2) is 30.5 Å². The fraction of sp³-hybridized carbons (Fsp3) is 0.618. The van der Waals surface area contributed by atoms with E-state index in [9.17, 15) is 28.0 Å². The number of nitrogens with one attached hydrogen (secondary N) is 3. The van der Waals surface area contributed by atoms with Gasteiger partial charge in [0.15, 0.2) is 0 Å². The summed E-state index contributed by atoms with van der Waals surface area (Å²) in [5.74, 6) is -2.87. The highest BCUT2D eigenvalue weighted by molar-refractivity contribution is 6.01. The second-order valence-electron chi connectivity index (χ2n) is 13.5. The maximum Gasteiger partial charge on any atom is 0.270 e. The van der Waals surface area contributed by atoms with Gasteiger partial charge in [-0.15, -0.1) is 0 Å². The van der Waals surface area contributed by atoms with Crippen LogP contribution in [-0.4, -0.2) is 94.4 Å². The van der Waals surface area contributed by atoms with E-state index in [0.717, 1.165) is 30.4 Å². The normalized spacial score (nSPS) is 20.4. The molecule has 4 amide bonds. The summed E-state index contributed by atoms with van der Waals surface area (Å²) in [6.45, 7) is 6.43. The van der Waals surface area contributed by atoms with Crippen LogP contribution < -0.4 is 16.0 Å². The zero-order valence-corrected chi connectivity index (χ0v) is 27.9. The first-order valence-corrected chi connectivity index (χ1v) is 16.9. The lowest BCUT2D eigenvalue weighted by Gasteiger charge is -2.40. The quantitative estimate of drug-likeness (QED) is 0.281. The molecule has 2 aromatic rings. The maximum atomic E-state index is 15.7. The standard InChI is InChI=1S/C34H46F3N7O4/c1-5-28(45)40-30(34(48)43-15-14-42(4)19(2)17-43)20(3)23-10-11-25(24(35)16-23)39-33(47)31(29(21-6-7-21)22-8-9-22)41-32(46)26-12-13-38-44(26)18-27(36)37/h10-13,16,19-22,27,29-31H,5-9,14-15,17-18H2,1-4H3,(H,39,47)(H,40,45)(H,41,46)/t19-,20+,30-,31+/m1/s1. The minimum atomic E-state index is -2.72. The SMILES string of the molecule is CCC(=O)N[C@@H](C(=O)N1CCN(C)[C@H](C)C1)[C@@H](C)c1ccc(NC(=O)[C@@H](NC(=O)c2ccnn2CC(F)F)C(C2CC2)C2CC2)c(F)c1. The molecular weight excluding hydrogens is 627 g/mol. The number of carbonyl (C=O) groups is 4. The average Bonchev–Trinajstić information content (AvgIpc) is 4.00. The molecule has 1 aromatic heterocycles. The number of benzene rings is 1. The van der Waals surface area contributed by atoms with E-state index in [1.54, 1.807) is 24.8 Å². The molecule has 3 N–H and O–H groups in total. The van der Waals surface area contributed by atoms with Crippen molar-refractivity contribution in [3.8, 4) is 0 Å². The van der Waals surface area contributed by atoms with E-state index >= 15 is 4.39 Å². The van der Waals surface area contributed by atoms with Gasteiger partial charge in [-0.1, -0.05) is 19.9 Å². The number of halogens is 3. The number of anilines is 1. The summed E-state index contributed by atoms with van der Waals surface area (Å²) in [6.07, 6.45) is 2.35. The smallest absolute Gasteiger partial charge is 0.270 e. The number of likely N-dealkylation sites (N-methyl/N-ethyl adjacent to an activating group) is 1. The van der Waals surface area contributed by atoms with Crippen LogP contribution in [0.3, 0.4) is 0 Å². The summed E-state index contributed by atoms with van der Waals surface area (Å²) >= 11 is 0. The van der Waals surface area contributed by atoms with E-state index in [1.165, 1.54) is 24.4 Å². The molecule has 48 heavy (non-hydrogen) atoms. The van der Waals surface area contributed by atoms with Crippen LogP contribution >= 0.6 is 0 Å². The van der Waals surface area contributed by atoms with Crippen LogP contribution in [0.5, 0.6) is 0 Å². The van der Waals surface area contributed by atoms with Gasteiger partial charge in [0.1, 0.15) is 30.1 Å². The number of amides is 4. The van der Waals surface area contributed by atoms with Crippen molar-refractivity contribution in [2.24, 2.45) is 17.8 Å². The largest absolute Gasteiger partial charge is 0.344 e. The van der Waals surface area contributed by atoms with Crippen molar-refractivity contribution in [3.63, 3.8) is 0 Å². The molecule has 4 atom stereocenters. The second kappa shape index (κ2) is 15.1. The Morgan fingerprint density at radius 2 is 1.69 bits per heavy atom. The first kappa shape index (κ1) is 35.4. The van der Waals surface area contributed by atoms with Crippen molar-refractivity contribution >= 4 is 29.3 Å². The Morgan fingerprint density at radius 3 is 2.27 bits per heavy atom. The van der Waals surface area contributed by atoms with Crippen molar-refractivity contribution < 1.29 is 32.3 Å². The molecule has 262 valence electrons. The molecule has 11 nitrogen and oxygen atoms in total. The second-order valence-corrected chi connectivity index (χ2v) is 13.5. The van der Waals surface area contributed by atoms with Crippen LogP contribution in [0.2, 0.25) is 0 Å². The van der Waals surface area contributed by atoms with E-state index in [-0.39, 0.29) is 53.4 Å². The number of hydrogen-bond donors (Lipinski definition) is 3. The highest BCUT2D eigenvalue weighted by atomic mass is 19.3. The summed E-state index contributed by atoms with van der Waals surface area (Å²) < 4.78 is 42.8. The van der Waals surface area contributed by atoms with Gasteiger partial charge >= 0.3 is 0 Å². The van der Waals surface area contributed by atoms with Gasteiger partial charge in [0, 0.05) is 44.2 Å². The van der Waals surface area contributed by atoms with Gasteiger partial charge in [-0.3, -0.25) is 23.9 Å². The molecule has 3 fully saturated rings. The van der Waals surface area contributed by atoms with E-state index < -0.39 is 48.6 Å². The van der Waals surface area contributed by atoms with Gasteiger partial charge in [-0.2, -0.15) is 5.10 Å². The Morgan fingerprint density at radius 1 is 1.00 bits per heavy atom. The van der Waals surface area contributed by atoms with Gasteiger partial charge in [0.2, 0.25) is 17.7 Å². The van der Waals surface area contributed by atoms with Crippen LogP contribution in [0.4, 0.5) is 18.9 Å². The lowest BCUT2D eigenvalue weighted by molar-refractivity contribution is -0.139. The van der Waals surface area contributed by atoms with Crippen LogP contribution in [0.25, 0.3) is 0 Å². The average molecular weight is 674 g/mol. The molecule has 3 aliphatic rings. The minimum absolute atomic E-state index is 0.0896. The molecule has 2 saturated carbocycles. The summed E-state index contributed by atoms with van der Waals surface area (Å²) in [6, 6.07) is 3.83. The molecule has 1 aliphatic heterocycles. The number of alkyl halides is 2. The fourth-order valence-electron chi connectivity index (χ4n) is 6.69. The molecule has 0 unspecified atom stereocenters. The van der Waals surface area contributed by atoms with E-state index in [1.807, 2.05) is 14.0 Å². The van der Waals surface area contributed by atoms with E-state index in [2.05, 4.69) is 25.9 Å². The number of piperazine rings is 1. The third-order valence-electron chi connectivity index (χ3n) is 10.00. The van der Waals surface area contributed by atoms with Crippen molar-refractivity contribution in [3.05, 3.63) is 47.5 Å². The van der Waals surface area contributed by atoms with Gasteiger partial charge in [0.05, 0.1) is 5.69 Å². The summed E-state index contributed by atoms with van der Waals surface area (Å²) in [5, 5.41) is 12.1. The first-order valence-electron chi connectivity index (χ1n) is 16.9. The van der Waals surface area contributed by atoms with Crippen LogP contribution in [0.1, 0.15) is 74.8 Å². The third kappa shape index (κ3) is 8.37. The number of hydrogen-bond acceptors (Lipinski definition) is 6. The van der Waals surface area contributed by atoms with Gasteiger partial charge in [0.25, 0.3) is 12.3 Å². The molecular formula is C34H46F3N7O4. The number of carbonyl (C=O) groups excluding carboxylic acids is 4. The Balaban J connectivity index is 1.34. The molecule has 2 aliphatic carbocycles. The van der Waals surface area contributed by atoms with Crippen molar-refractivity contribution in [2.45, 2.75) is 89.9 Å². The molecule has 5 rings (SSSR count). The fourth-order valence-corrected chi connectivity index (χ4v) is 6.69. The molecule has 2 heterocycles. The van der Waals surface area contributed by atoms with Crippen molar-refractivity contribution in [2.75, 3.05) is 32.0 Å². The summed E-state index contributed by atoms with van der Waals surface area (Å²) in [5.41, 5.74) is 0.276. The predicted octanol–water partition coefficient (Wildman–Crippen LogP) is 3.62. The molecule has 1 aromatic carbocycles. The Kier molecular flexibility index (Phi) is 11.1. The molecule has 0 bridgehead atoms. The van der Waals surface area contributed by atoms with Crippen molar-refractivity contribution in [1.82, 2.24) is 30.2 Å². The lowest BCUT2D eigenvalue weighted by Crippen LogP contribution is -2.58. The highest BCUT2D eigenvalue weighted by Gasteiger charge is 2.48. The zero-order valence-electron chi connectivity index (χ0n) is 27.9. The first-order chi connectivity index (χ1) is 22.9. The predicted molar refractivity (Wildman–Crippen MR) is 173 cm³/mol. The number of nitrogens with zero attached hydrogens (tertiary/aromatic N) is 4. The topological polar surface area (TPSA) is 129 Å². The monoisotopic (exact) mass is 673 g/mol. The van der Waals surface area contributed by atoms with Crippen molar-refractivity contribution in [1.29, 1.82) is 0 Å². The Bertz CT molecular complexity index is 1480. The Hall–Kier alpha value is -3.94. The maximum absolute atomic E-state index is 15.7. The van der Waals surface area contributed by atoms with Crippen LogP contribution in [0, 0.1) is 23.6 Å². The third-order valence-corrected chi connectivity index (χ3v) is 10.00. The van der Waals surface area contributed by atoms with E-state index in [0.29, 0.717) is 25.2 Å². The van der Waals surface area contributed by atoms with Gasteiger partial charge in [-0.25, -0.2) is 13.2 Å².